The number of aryl methyl sites for hydroxylation is 1. The molecule has 0 atom stereocenters. The fraction of sp³-hybridized carbons (Fsp3) is 0.350. The molecule has 29 heavy (non-hydrogen) atoms. The molecule has 0 aliphatic rings. The number of rotatable bonds is 8. The minimum absolute atomic E-state index is 0.0213. The van der Waals surface area contributed by atoms with Gasteiger partial charge in [-0.15, -0.1) is 11.3 Å². The van der Waals surface area contributed by atoms with Crippen molar-refractivity contribution in [2.24, 2.45) is 0 Å². The third-order valence-electron chi connectivity index (χ3n) is 4.40. The molecule has 0 bridgehead atoms. The van der Waals surface area contributed by atoms with Crippen molar-refractivity contribution in [2.75, 3.05) is 39.8 Å². The van der Waals surface area contributed by atoms with E-state index in [0.717, 1.165) is 21.3 Å². The summed E-state index contributed by atoms with van der Waals surface area (Å²) in [5, 5.41) is 13.7. The first-order chi connectivity index (χ1) is 14.1. The smallest absolute Gasteiger partial charge is 0.246 e. The number of anilines is 1. The summed E-state index contributed by atoms with van der Waals surface area (Å²) in [5.74, 6) is 2.85. The number of fused-ring (bicyclic) bond motifs is 1. The van der Waals surface area contributed by atoms with Crippen LogP contribution in [0, 0.1) is 13.5 Å². The van der Waals surface area contributed by atoms with Gasteiger partial charge in [0.25, 0.3) is 0 Å². The number of benzene rings is 1. The highest BCUT2D eigenvalue weighted by atomic mass is 32.1. The Balaban J connectivity index is 2.07. The predicted octanol–water partition coefficient (Wildman–Crippen LogP) is 3.57. The second kappa shape index (κ2) is 8.94. The molecule has 1 aromatic carbocycles. The molecule has 2 aromatic heterocycles. The Bertz CT molecular complexity index is 1050. The van der Waals surface area contributed by atoms with Crippen LogP contribution in [0.3, 0.4) is 0 Å². The highest BCUT2D eigenvalue weighted by Crippen LogP contribution is 2.41. The Kier molecular flexibility index (Phi) is 6.36. The number of methoxy groups -OCH3 is 3. The Morgan fingerprint density at radius 2 is 1.83 bits per heavy atom. The van der Waals surface area contributed by atoms with Gasteiger partial charge < -0.3 is 24.6 Å². The molecule has 3 rings (SSSR count). The minimum atomic E-state index is -0.0213. The number of nitrogens with zero attached hydrogens (tertiary/aromatic N) is 3. The van der Waals surface area contributed by atoms with Gasteiger partial charge in [-0.3, -0.25) is 0 Å². The van der Waals surface area contributed by atoms with Gasteiger partial charge in [0.2, 0.25) is 10.8 Å². The number of thiophene rings is 1. The number of aliphatic hydroxyl groups excluding tert-OH is 1. The summed E-state index contributed by atoms with van der Waals surface area (Å²) in [6.07, 6.45) is 0.435. The molecule has 8 nitrogen and oxygen atoms in total. The molecule has 0 aliphatic heterocycles. The van der Waals surface area contributed by atoms with E-state index in [1.165, 1.54) is 11.3 Å². The summed E-state index contributed by atoms with van der Waals surface area (Å²) in [7, 11) is 4.70. The van der Waals surface area contributed by atoms with E-state index in [-0.39, 0.29) is 6.61 Å². The van der Waals surface area contributed by atoms with Gasteiger partial charge in [0, 0.05) is 18.4 Å². The minimum Gasteiger partial charge on any atom is -0.493 e. The Hall–Kier alpha value is -3.09. The first kappa shape index (κ1) is 20.6. The highest BCUT2D eigenvalue weighted by molar-refractivity contribution is 7.22. The lowest BCUT2D eigenvalue weighted by atomic mass is 10.1. The van der Waals surface area contributed by atoms with Crippen LogP contribution in [0.25, 0.3) is 15.1 Å². The molecule has 0 aliphatic carbocycles. The third kappa shape index (κ3) is 4.04. The van der Waals surface area contributed by atoms with Gasteiger partial charge in [-0.1, -0.05) is 0 Å². The Labute approximate surface area is 172 Å². The largest absolute Gasteiger partial charge is 0.493 e. The maximum Gasteiger partial charge on any atom is 0.246 e. The molecule has 9 heteroatoms. The highest BCUT2D eigenvalue weighted by Gasteiger charge is 2.18. The van der Waals surface area contributed by atoms with E-state index in [4.69, 9.17) is 20.8 Å². The molecular formula is C20H22N4O4S. The number of hydrogen-bond donors (Lipinski definition) is 2. The SMILES string of the molecule is [C-]#[N+]c1sc2nc(Cc3cc(OC)c(OC)c(OC)c3)nc(NCCO)c2c1C. The van der Waals surface area contributed by atoms with Gasteiger partial charge in [-0.2, -0.15) is 0 Å². The molecule has 2 heterocycles. The van der Waals surface area contributed by atoms with E-state index < -0.39 is 0 Å². The average Bonchev–Trinajstić information content (AvgIpc) is 3.06. The van der Waals surface area contributed by atoms with Crippen molar-refractivity contribution in [1.82, 2.24) is 9.97 Å². The summed E-state index contributed by atoms with van der Waals surface area (Å²) in [6, 6.07) is 3.72. The van der Waals surface area contributed by atoms with Crippen LogP contribution >= 0.6 is 11.3 Å². The number of nitrogens with one attached hydrogen (secondary N) is 1. The second-order valence-electron chi connectivity index (χ2n) is 6.17. The van der Waals surface area contributed by atoms with E-state index in [2.05, 4.69) is 20.1 Å². The van der Waals surface area contributed by atoms with E-state index >= 15 is 0 Å². The molecule has 2 N–H and O–H groups in total. The molecule has 0 fully saturated rings. The molecule has 0 amide bonds. The van der Waals surface area contributed by atoms with Crippen molar-refractivity contribution in [3.05, 3.63) is 40.5 Å². The van der Waals surface area contributed by atoms with E-state index in [0.29, 0.717) is 46.9 Å². The zero-order chi connectivity index (χ0) is 21.0. The van der Waals surface area contributed by atoms with Gasteiger partial charge in [-0.05, 0) is 30.2 Å². The van der Waals surface area contributed by atoms with Crippen LogP contribution in [-0.2, 0) is 6.42 Å². The topological polar surface area (TPSA) is 90.1 Å². The van der Waals surface area contributed by atoms with Crippen molar-refractivity contribution < 1.29 is 19.3 Å². The van der Waals surface area contributed by atoms with Crippen LogP contribution in [-0.4, -0.2) is 49.6 Å². The number of ether oxygens (including phenoxy) is 3. The molecule has 0 saturated heterocycles. The van der Waals surface area contributed by atoms with Crippen molar-refractivity contribution in [3.8, 4) is 17.2 Å². The summed E-state index contributed by atoms with van der Waals surface area (Å²) in [5.41, 5.74) is 1.74. The van der Waals surface area contributed by atoms with E-state index in [1.807, 2.05) is 19.1 Å². The zero-order valence-electron chi connectivity index (χ0n) is 16.7. The maximum atomic E-state index is 9.20. The van der Waals surface area contributed by atoms with Gasteiger partial charge >= 0.3 is 0 Å². The van der Waals surface area contributed by atoms with Crippen LogP contribution in [0.1, 0.15) is 17.0 Å². The van der Waals surface area contributed by atoms with Crippen molar-refractivity contribution >= 4 is 32.4 Å². The lowest BCUT2D eigenvalue weighted by molar-refractivity contribution is 0.311. The first-order valence-corrected chi connectivity index (χ1v) is 9.69. The van der Waals surface area contributed by atoms with E-state index in [9.17, 15) is 5.11 Å². The standard InChI is InChI=1S/C20H22N4O4S/c1-11-16-18(22-6-7-25)23-15(24-20(16)29-19(11)21-2)10-12-8-13(26-3)17(28-5)14(9-12)27-4/h8-9,25H,6-7,10H2,1,3-5H3,(H,22,23,24). The summed E-state index contributed by atoms with van der Waals surface area (Å²) in [6.45, 7) is 9.60. The molecule has 3 aromatic rings. The molecule has 0 radical (unpaired) electrons. The van der Waals surface area contributed by atoms with E-state index in [1.54, 1.807) is 21.3 Å². The summed E-state index contributed by atoms with van der Waals surface area (Å²) >= 11 is 1.34. The first-order valence-electron chi connectivity index (χ1n) is 8.87. The van der Waals surface area contributed by atoms with Gasteiger partial charge in [0.15, 0.2) is 11.5 Å². The average molecular weight is 414 g/mol. The quantitative estimate of drug-likeness (QED) is 0.545. The van der Waals surface area contributed by atoms with Crippen LogP contribution in [0.5, 0.6) is 17.2 Å². The van der Waals surface area contributed by atoms with Gasteiger partial charge in [0.05, 0.1) is 34.5 Å². The fourth-order valence-electron chi connectivity index (χ4n) is 3.08. The zero-order valence-corrected chi connectivity index (χ0v) is 17.5. The monoisotopic (exact) mass is 414 g/mol. The molecule has 0 spiro atoms. The van der Waals surface area contributed by atoms with Crippen LogP contribution in [0.15, 0.2) is 12.1 Å². The van der Waals surface area contributed by atoms with Crippen molar-refractivity contribution in [3.63, 3.8) is 0 Å². The van der Waals surface area contributed by atoms with Crippen LogP contribution < -0.4 is 19.5 Å². The lowest BCUT2D eigenvalue weighted by Gasteiger charge is -2.14. The lowest BCUT2D eigenvalue weighted by Crippen LogP contribution is -2.09. The Morgan fingerprint density at radius 3 is 2.38 bits per heavy atom. The number of hydrogen-bond acceptors (Lipinski definition) is 8. The van der Waals surface area contributed by atoms with Crippen molar-refractivity contribution in [2.45, 2.75) is 13.3 Å². The van der Waals surface area contributed by atoms with Gasteiger partial charge in [-0.25, -0.2) is 14.8 Å². The fourth-order valence-corrected chi connectivity index (χ4v) is 4.07. The third-order valence-corrected chi connectivity index (χ3v) is 5.48. The normalized spacial score (nSPS) is 10.6. The predicted molar refractivity (Wildman–Crippen MR) is 113 cm³/mol. The second-order valence-corrected chi connectivity index (χ2v) is 7.15. The number of aliphatic hydroxyl groups is 1. The Morgan fingerprint density at radius 1 is 1.14 bits per heavy atom. The van der Waals surface area contributed by atoms with Crippen LogP contribution in [0.4, 0.5) is 10.8 Å². The molecular weight excluding hydrogens is 392 g/mol. The molecule has 152 valence electrons. The van der Waals surface area contributed by atoms with Crippen molar-refractivity contribution in [1.29, 1.82) is 0 Å². The van der Waals surface area contributed by atoms with Crippen LogP contribution in [0.2, 0.25) is 0 Å². The summed E-state index contributed by atoms with van der Waals surface area (Å²) < 4.78 is 16.2. The molecule has 0 saturated carbocycles. The van der Waals surface area contributed by atoms with Gasteiger partial charge in [0.1, 0.15) is 16.5 Å². The summed E-state index contributed by atoms with van der Waals surface area (Å²) in [4.78, 5) is 13.6. The maximum absolute atomic E-state index is 9.20. The number of aromatic nitrogens is 2. The molecule has 0 unspecified atom stereocenters.